The van der Waals surface area contributed by atoms with Crippen LogP contribution < -0.4 is 10.2 Å². The second-order valence-corrected chi connectivity index (χ2v) is 5.61. The molecule has 0 radical (unpaired) electrons. The minimum Gasteiger partial charge on any atom is -0.381 e. The molecule has 0 aliphatic rings. The number of fused-ring (bicyclic) bond motifs is 1. The van der Waals surface area contributed by atoms with Crippen molar-refractivity contribution < 1.29 is 0 Å². The van der Waals surface area contributed by atoms with Gasteiger partial charge in [0, 0.05) is 38.2 Å². The quantitative estimate of drug-likeness (QED) is 0.751. The maximum absolute atomic E-state index is 3.52. The predicted octanol–water partition coefficient (Wildman–Crippen LogP) is 4.15. The smallest absolute Gasteiger partial charge is 0.0504 e. The minimum atomic E-state index is 0.813. The Balaban J connectivity index is 1.82. The molecular formula is C18H21N3. The third-order valence-electron chi connectivity index (χ3n) is 3.85. The van der Waals surface area contributed by atoms with E-state index in [1.165, 1.54) is 27.7 Å². The summed E-state index contributed by atoms with van der Waals surface area (Å²) in [6.07, 6.45) is 1.99. The lowest BCUT2D eigenvalue weighted by Gasteiger charge is -2.17. The van der Waals surface area contributed by atoms with Crippen LogP contribution in [0.25, 0.3) is 10.9 Å². The number of hydrogen-bond acceptors (Lipinski definition) is 2. The normalized spacial score (nSPS) is 10.8. The Morgan fingerprint density at radius 2 is 1.95 bits per heavy atom. The van der Waals surface area contributed by atoms with Gasteiger partial charge in [0.2, 0.25) is 0 Å². The highest BCUT2D eigenvalue weighted by atomic mass is 15.1. The third kappa shape index (κ3) is 2.72. The van der Waals surface area contributed by atoms with Crippen molar-refractivity contribution in [1.29, 1.82) is 0 Å². The van der Waals surface area contributed by atoms with Gasteiger partial charge in [-0.15, -0.1) is 0 Å². The fourth-order valence-electron chi connectivity index (χ4n) is 2.70. The lowest BCUT2D eigenvalue weighted by molar-refractivity contribution is 1.10. The van der Waals surface area contributed by atoms with E-state index in [-0.39, 0.29) is 0 Å². The number of aromatic nitrogens is 1. The van der Waals surface area contributed by atoms with Gasteiger partial charge in [-0.3, -0.25) is 0 Å². The summed E-state index contributed by atoms with van der Waals surface area (Å²) in [7, 11) is 4.15. The van der Waals surface area contributed by atoms with Gasteiger partial charge in [0.05, 0.1) is 5.52 Å². The van der Waals surface area contributed by atoms with Crippen LogP contribution in [0, 0.1) is 6.92 Å². The highest BCUT2D eigenvalue weighted by Crippen LogP contribution is 2.24. The third-order valence-corrected chi connectivity index (χ3v) is 3.85. The van der Waals surface area contributed by atoms with E-state index >= 15 is 0 Å². The van der Waals surface area contributed by atoms with Gasteiger partial charge in [0.15, 0.2) is 0 Å². The summed E-state index contributed by atoms with van der Waals surface area (Å²) in [6, 6.07) is 15.0. The maximum Gasteiger partial charge on any atom is 0.0504 e. The van der Waals surface area contributed by atoms with Crippen LogP contribution >= 0.6 is 0 Å². The SMILES string of the molecule is Cc1ccc(NCc2cccc3cc[nH]c23)cc1N(C)C. The van der Waals surface area contributed by atoms with E-state index in [2.05, 4.69) is 78.7 Å². The zero-order chi connectivity index (χ0) is 14.8. The summed E-state index contributed by atoms with van der Waals surface area (Å²) < 4.78 is 0. The largest absolute Gasteiger partial charge is 0.381 e. The molecule has 1 heterocycles. The van der Waals surface area contributed by atoms with Crippen LogP contribution in [0.3, 0.4) is 0 Å². The fraction of sp³-hybridized carbons (Fsp3) is 0.222. The molecule has 2 aromatic carbocycles. The number of H-pyrrole nitrogens is 1. The van der Waals surface area contributed by atoms with Crippen LogP contribution in [0.5, 0.6) is 0 Å². The Hall–Kier alpha value is -2.42. The van der Waals surface area contributed by atoms with Crippen molar-refractivity contribution in [2.75, 3.05) is 24.3 Å². The molecule has 3 rings (SSSR count). The summed E-state index contributed by atoms with van der Waals surface area (Å²) in [5.74, 6) is 0. The topological polar surface area (TPSA) is 31.1 Å². The van der Waals surface area contributed by atoms with Gasteiger partial charge < -0.3 is 15.2 Å². The number of nitrogens with zero attached hydrogens (tertiary/aromatic N) is 1. The van der Waals surface area contributed by atoms with Gasteiger partial charge in [0.25, 0.3) is 0 Å². The number of rotatable bonds is 4. The fourth-order valence-corrected chi connectivity index (χ4v) is 2.70. The summed E-state index contributed by atoms with van der Waals surface area (Å²) in [5, 5.41) is 4.78. The van der Waals surface area contributed by atoms with Gasteiger partial charge in [0.1, 0.15) is 0 Å². The highest BCUT2D eigenvalue weighted by Gasteiger charge is 2.04. The van der Waals surface area contributed by atoms with Crippen LogP contribution in [-0.2, 0) is 6.54 Å². The maximum atomic E-state index is 3.52. The van der Waals surface area contributed by atoms with Crippen molar-refractivity contribution in [2.24, 2.45) is 0 Å². The first-order valence-electron chi connectivity index (χ1n) is 7.22. The van der Waals surface area contributed by atoms with E-state index in [9.17, 15) is 0 Å². The Bertz CT molecular complexity index is 756. The van der Waals surface area contributed by atoms with Crippen molar-refractivity contribution in [3.05, 3.63) is 59.8 Å². The van der Waals surface area contributed by atoms with E-state index in [0.29, 0.717) is 0 Å². The molecule has 108 valence electrons. The van der Waals surface area contributed by atoms with Crippen LogP contribution in [-0.4, -0.2) is 19.1 Å². The Kier molecular flexibility index (Phi) is 3.57. The molecule has 0 amide bonds. The molecule has 0 spiro atoms. The number of anilines is 2. The molecule has 0 bridgehead atoms. The summed E-state index contributed by atoms with van der Waals surface area (Å²) in [5.41, 5.74) is 6.18. The van der Waals surface area contributed by atoms with Crippen molar-refractivity contribution in [1.82, 2.24) is 4.98 Å². The molecule has 0 unspecified atom stereocenters. The highest BCUT2D eigenvalue weighted by molar-refractivity contribution is 5.82. The Morgan fingerprint density at radius 3 is 2.76 bits per heavy atom. The van der Waals surface area contributed by atoms with E-state index in [1.807, 2.05) is 6.20 Å². The van der Waals surface area contributed by atoms with Crippen LogP contribution in [0.2, 0.25) is 0 Å². The number of nitrogens with one attached hydrogen (secondary N) is 2. The van der Waals surface area contributed by atoms with Crippen LogP contribution in [0.15, 0.2) is 48.7 Å². The van der Waals surface area contributed by atoms with Gasteiger partial charge in [-0.25, -0.2) is 0 Å². The molecule has 0 saturated heterocycles. The van der Waals surface area contributed by atoms with E-state index in [1.54, 1.807) is 0 Å². The average molecular weight is 279 g/mol. The van der Waals surface area contributed by atoms with E-state index in [0.717, 1.165) is 12.2 Å². The zero-order valence-corrected chi connectivity index (χ0v) is 12.8. The average Bonchev–Trinajstić information content (AvgIpc) is 2.95. The minimum absolute atomic E-state index is 0.813. The van der Waals surface area contributed by atoms with Crippen molar-refractivity contribution in [3.8, 4) is 0 Å². The molecule has 3 nitrogen and oxygen atoms in total. The number of benzene rings is 2. The van der Waals surface area contributed by atoms with Gasteiger partial charge in [-0.1, -0.05) is 24.3 Å². The standard InChI is InChI=1S/C18H21N3/c1-13-7-8-16(11-17(13)21(2)3)20-12-15-6-4-5-14-9-10-19-18(14)15/h4-11,19-20H,12H2,1-3H3. The predicted molar refractivity (Wildman–Crippen MR) is 91.1 cm³/mol. The first-order valence-corrected chi connectivity index (χ1v) is 7.22. The summed E-state index contributed by atoms with van der Waals surface area (Å²) >= 11 is 0. The number of hydrogen-bond donors (Lipinski definition) is 2. The monoisotopic (exact) mass is 279 g/mol. The molecule has 0 saturated carbocycles. The van der Waals surface area contributed by atoms with E-state index in [4.69, 9.17) is 0 Å². The van der Waals surface area contributed by atoms with Crippen molar-refractivity contribution in [3.63, 3.8) is 0 Å². The molecule has 2 N–H and O–H groups in total. The second-order valence-electron chi connectivity index (χ2n) is 5.61. The lowest BCUT2D eigenvalue weighted by atomic mass is 10.1. The van der Waals surface area contributed by atoms with E-state index < -0.39 is 0 Å². The number of aryl methyl sites for hydroxylation is 1. The molecule has 1 aromatic heterocycles. The number of para-hydroxylation sites is 1. The van der Waals surface area contributed by atoms with Crippen LogP contribution in [0.1, 0.15) is 11.1 Å². The van der Waals surface area contributed by atoms with Crippen molar-refractivity contribution in [2.45, 2.75) is 13.5 Å². The second kappa shape index (κ2) is 5.52. The van der Waals surface area contributed by atoms with Crippen LogP contribution in [0.4, 0.5) is 11.4 Å². The van der Waals surface area contributed by atoms with Gasteiger partial charge in [-0.2, -0.15) is 0 Å². The van der Waals surface area contributed by atoms with Gasteiger partial charge >= 0.3 is 0 Å². The van der Waals surface area contributed by atoms with Crippen molar-refractivity contribution >= 4 is 22.3 Å². The molecule has 0 aliphatic heterocycles. The summed E-state index contributed by atoms with van der Waals surface area (Å²) in [4.78, 5) is 5.46. The molecule has 21 heavy (non-hydrogen) atoms. The first kappa shape index (κ1) is 13.6. The molecule has 0 atom stereocenters. The number of aromatic amines is 1. The zero-order valence-electron chi connectivity index (χ0n) is 12.8. The Morgan fingerprint density at radius 1 is 1.10 bits per heavy atom. The lowest BCUT2D eigenvalue weighted by Crippen LogP contribution is -2.11. The Labute approximate surface area is 125 Å². The molecule has 0 aliphatic carbocycles. The molecule has 3 aromatic rings. The first-order chi connectivity index (χ1) is 10.1. The molecule has 0 fully saturated rings. The summed E-state index contributed by atoms with van der Waals surface area (Å²) in [6.45, 7) is 2.95. The molecule has 3 heteroatoms. The molecular weight excluding hydrogens is 258 g/mol. The van der Waals surface area contributed by atoms with Gasteiger partial charge in [-0.05, 0) is 41.6 Å².